The van der Waals surface area contributed by atoms with Crippen molar-refractivity contribution in [1.29, 1.82) is 0 Å². The largest absolute Gasteiger partial charge is 0.480 e. The van der Waals surface area contributed by atoms with E-state index in [-0.39, 0.29) is 22.7 Å². The van der Waals surface area contributed by atoms with Crippen molar-refractivity contribution in [3.63, 3.8) is 0 Å². The van der Waals surface area contributed by atoms with Gasteiger partial charge in [0.1, 0.15) is 6.04 Å². The molecular formula is C11H17NO4S. The number of rotatable bonds is 5. The number of amides is 1. The molecule has 0 spiro atoms. The third-order valence-electron chi connectivity index (χ3n) is 2.68. The number of carboxylic acids is 1. The number of hydrogen-bond donors (Lipinski definition) is 1. The molecule has 5 nitrogen and oxygen atoms in total. The molecule has 1 heterocycles. The highest BCUT2D eigenvalue weighted by Gasteiger charge is 2.37. The van der Waals surface area contributed by atoms with E-state index < -0.39 is 12.0 Å². The molecule has 2 atom stereocenters. The first kappa shape index (κ1) is 14.0. The van der Waals surface area contributed by atoms with Crippen molar-refractivity contribution in [1.82, 2.24) is 4.90 Å². The maximum atomic E-state index is 11.7. The summed E-state index contributed by atoms with van der Waals surface area (Å²) in [5.74, 6) is -1.13. The fourth-order valence-corrected chi connectivity index (χ4v) is 2.93. The lowest BCUT2D eigenvalue weighted by Gasteiger charge is -2.24. The molecule has 1 unspecified atom stereocenters. The Morgan fingerprint density at radius 1 is 1.59 bits per heavy atom. The molecule has 96 valence electrons. The van der Waals surface area contributed by atoms with E-state index in [0.717, 1.165) is 11.8 Å². The van der Waals surface area contributed by atoms with Crippen molar-refractivity contribution in [2.45, 2.75) is 44.4 Å². The molecule has 1 saturated heterocycles. The van der Waals surface area contributed by atoms with Crippen LogP contribution in [0.3, 0.4) is 0 Å². The molecule has 1 rings (SSSR count). The third-order valence-corrected chi connectivity index (χ3v) is 3.66. The van der Waals surface area contributed by atoms with Gasteiger partial charge >= 0.3 is 5.97 Å². The first-order chi connectivity index (χ1) is 7.95. The Balaban J connectivity index is 2.67. The van der Waals surface area contributed by atoms with Gasteiger partial charge in [0.05, 0.1) is 0 Å². The average Bonchev–Trinajstić information content (AvgIpc) is 2.54. The summed E-state index contributed by atoms with van der Waals surface area (Å²) in [6.07, 6.45) is 1.43. The van der Waals surface area contributed by atoms with E-state index in [9.17, 15) is 14.4 Å². The van der Waals surface area contributed by atoms with E-state index in [4.69, 9.17) is 5.11 Å². The number of carbonyl (C=O) groups is 3. The molecule has 1 aliphatic rings. The van der Waals surface area contributed by atoms with Gasteiger partial charge in [-0.3, -0.25) is 9.59 Å². The molecular weight excluding hydrogens is 242 g/mol. The summed E-state index contributed by atoms with van der Waals surface area (Å²) in [5.41, 5.74) is 0. The maximum Gasteiger partial charge on any atom is 0.326 e. The molecule has 6 heteroatoms. The number of aliphatic carboxylic acids is 1. The van der Waals surface area contributed by atoms with Crippen LogP contribution >= 0.6 is 11.8 Å². The number of carbonyl (C=O) groups excluding carboxylic acids is 2. The van der Waals surface area contributed by atoms with Crippen LogP contribution in [0.4, 0.5) is 0 Å². The number of hydrogen-bond acceptors (Lipinski definition) is 4. The first-order valence-corrected chi connectivity index (χ1v) is 6.53. The first-order valence-electron chi connectivity index (χ1n) is 5.65. The summed E-state index contributed by atoms with van der Waals surface area (Å²) in [7, 11) is 0. The van der Waals surface area contributed by atoms with Crippen LogP contribution < -0.4 is 0 Å². The van der Waals surface area contributed by atoms with Gasteiger partial charge in [0.25, 0.3) is 0 Å². The highest BCUT2D eigenvalue weighted by atomic mass is 32.2. The van der Waals surface area contributed by atoms with Crippen LogP contribution in [-0.4, -0.2) is 44.8 Å². The second-order valence-corrected chi connectivity index (χ2v) is 5.60. The molecule has 17 heavy (non-hydrogen) atoms. The molecule has 0 aromatic rings. The van der Waals surface area contributed by atoms with Gasteiger partial charge in [-0.25, -0.2) is 4.79 Å². The minimum atomic E-state index is -0.964. The zero-order valence-corrected chi connectivity index (χ0v) is 10.8. The molecule has 1 fully saturated rings. The van der Waals surface area contributed by atoms with E-state index in [2.05, 4.69) is 0 Å². The van der Waals surface area contributed by atoms with Gasteiger partial charge in [0.2, 0.25) is 5.91 Å². The van der Waals surface area contributed by atoms with Crippen molar-refractivity contribution in [2.75, 3.05) is 6.54 Å². The normalized spacial score (nSPS) is 21.6. The van der Waals surface area contributed by atoms with Crippen LogP contribution in [-0.2, 0) is 14.4 Å². The quantitative estimate of drug-likeness (QED) is 0.800. The Labute approximate surface area is 105 Å². The Kier molecular flexibility index (Phi) is 4.99. The summed E-state index contributed by atoms with van der Waals surface area (Å²) in [5, 5.41) is 8.95. The van der Waals surface area contributed by atoms with E-state index in [1.54, 1.807) is 0 Å². The molecule has 0 saturated carbocycles. The summed E-state index contributed by atoms with van der Waals surface area (Å²) >= 11 is 1.12. The van der Waals surface area contributed by atoms with E-state index in [0.29, 0.717) is 19.4 Å². The van der Waals surface area contributed by atoms with Crippen molar-refractivity contribution < 1.29 is 19.5 Å². The monoisotopic (exact) mass is 259 g/mol. The van der Waals surface area contributed by atoms with Crippen LogP contribution in [0, 0.1) is 0 Å². The van der Waals surface area contributed by atoms with Crippen LogP contribution in [0.2, 0.25) is 0 Å². The minimum absolute atomic E-state index is 0.0352. The van der Waals surface area contributed by atoms with Crippen molar-refractivity contribution in [3.05, 3.63) is 0 Å². The lowest BCUT2D eigenvalue weighted by Crippen LogP contribution is -2.42. The van der Waals surface area contributed by atoms with Gasteiger partial charge in [-0.1, -0.05) is 25.1 Å². The van der Waals surface area contributed by atoms with Gasteiger partial charge in [0, 0.05) is 25.1 Å². The lowest BCUT2D eigenvalue weighted by atomic mass is 10.1. The van der Waals surface area contributed by atoms with Crippen molar-refractivity contribution in [2.24, 2.45) is 0 Å². The van der Waals surface area contributed by atoms with Crippen LogP contribution in [0.5, 0.6) is 0 Å². The summed E-state index contributed by atoms with van der Waals surface area (Å²) < 4.78 is 0. The molecule has 0 aromatic heterocycles. The standard InChI is InChI=1S/C11H17NO4S/c1-3-4-9(11(15)16)12-6-8(5-10(12)14)17-7(2)13/h8-9H,3-6H2,1-2H3,(H,15,16)/t8?,9-/m0/s1. The SMILES string of the molecule is CCC[C@@H](C(=O)O)N1CC(SC(C)=O)CC1=O. The number of thioether (sulfide) groups is 1. The molecule has 0 radical (unpaired) electrons. The second-order valence-electron chi connectivity index (χ2n) is 4.12. The van der Waals surface area contributed by atoms with Gasteiger partial charge < -0.3 is 10.0 Å². The average molecular weight is 259 g/mol. The fraction of sp³-hybridized carbons (Fsp3) is 0.727. The number of likely N-dealkylation sites (tertiary alicyclic amines) is 1. The van der Waals surface area contributed by atoms with Gasteiger partial charge in [-0.15, -0.1) is 0 Å². The molecule has 1 amide bonds. The minimum Gasteiger partial charge on any atom is -0.480 e. The second kappa shape index (κ2) is 6.05. The van der Waals surface area contributed by atoms with Crippen LogP contribution in [0.15, 0.2) is 0 Å². The summed E-state index contributed by atoms with van der Waals surface area (Å²) in [6.45, 7) is 3.71. The molecule has 1 aliphatic heterocycles. The smallest absolute Gasteiger partial charge is 0.326 e. The van der Waals surface area contributed by atoms with E-state index >= 15 is 0 Å². The molecule has 0 aromatic carbocycles. The van der Waals surface area contributed by atoms with Gasteiger partial charge in [0.15, 0.2) is 5.12 Å². The zero-order chi connectivity index (χ0) is 13.0. The van der Waals surface area contributed by atoms with Crippen molar-refractivity contribution >= 4 is 28.8 Å². The molecule has 0 bridgehead atoms. The molecule has 1 N–H and O–H groups in total. The van der Waals surface area contributed by atoms with Crippen LogP contribution in [0.1, 0.15) is 33.1 Å². The van der Waals surface area contributed by atoms with Gasteiger partial charge in [-0.05, 0) is 6.42 Å². The predicted molar refractivity (Wildman–Crippen MR) is 64.7 cm³/mol. The summed E-state index contributed by atoms with van der Waals surface area (Å²) in [6, 6.07) is -0.745. The van der Waals surface area contributed by atoms with E-state index in [1.807, 2.05) is 6.92 Å². The Morgan fingerprint density at radius 3 is 2.71 bits per heavy atom. The number of nitrogens with zero attached hydrogens (tertiary/aromatic N) is 1. The lowest BCUT2D eigenvalue weighted by molar-refractivity contribution is -0.148. The summed E-state index contributed by atoms with van der Waals surface area (Å²) in [4.78, 5) is 35.2. The predicted octanol–water partition coefficient (Wildman–Crippen LogP) is 1.12. The Hall–Kier alpha value is -1.04. The topological polar surface area (TPSA) is 74.7 Å². The van der Waals surface area contributed by atoms with Gasteiger partial charge in [-0.2, -0.15) is 0 Å². The Bertz CT molecular complexity index is 331. The zero-order valence-electron chi connectivity index (χ0n) is 10.0. The fourth-order valence-electron chi connectivity index (χ4n) is 2.00. The third kappa shape index (κ3) is 3.73. The molecule has 0 aliphatic carbocycles. The van der Waals surface area contributed by atoms with Crippen LogP contribution in [0.25, 0.3) is 0 Å². The Morgan fingerprint density at radius 2 is 2.24 bits per heavy atom. The highest BCUT2D eigenvalue weighted by Crippen LogP contribution is 2.26. The number of carboxylic acid groups (broad SMARTS) is 1. The van der Waals surface area contributed by atoms with E-state index in [1.165, 1.54) is 11.8 Å². The van der Waals surface area contributed by atoms with Crippen molar-refractivity contribution in [3.8, 4) is 0 Å². The maximum absolute atomic E-state index is 11.7. The highest BCUT2D eigenvalue weighted by molar-refractivity contribution is 8.14.